The number of sulfone groups is 1. The van der Waals surface area contributed by atoms with Crippen molar-refractivity contribution in [2.24, 2.45) is 0 Å². The highest BCUT2D eigenvalue weighted by Crippen LogP contribution is 2.23. The van der Waals surface area contributed by atoms with E-state index in [0.29, 0.717) is 6.61 Å². The Kier molecular flexibility index (Phi) is 6.42. The molecule has 1 aliphatic heterocycles. The van der Waals surface area contributed by atoms with Crippen LogP contribution >= 0.6 is 11.6 Å². The molecule has 1 amide bonds. The summed E-state index contributed by atoms with van der Waals surface area (Å²) in [5.74, 6) is -1.53. The third kappa shape index (κ3) is 5.42. The maximum Gasteiger partial charge on any atom is 0.305 e. The van der Waals surface area contributed by atoms with Crippen LogP contribution in [-0.2, 0) is 19.4 Å². The minimum Gasteiger partial charge on any atom is -0.481 e. The molecule has 138 valence electrons. The second-order valence-electron chi connectivity index (χ2n) is 5.94. The van der Waals surface area contributed by atoms with Gasteiger partial charge in [0, 0.05) is 26.0 Å². The summed E-state index contributed by atoms with van der Waals surface area (Å²) in [5, 5.41) is 9.02. The summed E-state index contributed by atoms with van der Waals surface area (Å²) in [6, 6.07) is 3.91. The van der Waals surface area contributed by atoms with Gasteiger partial charge >= 0.3 is 5.97 Å². The predicted molar refractivity (Wildman–Crippen MR) is 91.7 cm³/mol. The Morgan fingerprint density at radius 2 is 2.12 bits per heavy atom. The molecule has 1 saturated heterocycles. The van der Waals surface area contributed by atoms with Crippen molar-refractivity contribution >= 4 is 33.3 Å². The summed E-state index contributed by atoms with van der Waals surface area (Å²) in [5.41, 5.74) is 0.0352. The molecule has 0 aliphatic carbocycles. The van der Waals surface area contributed by atoms with Gasteiger partial charge in [-0.2, -0.15) is 0 Å². The molecular weight excluding hydrogens is 370 g/mol. The molecule has 2 rings (SSSR count). The van der Waals surface area contributed by atoms with Gasteiger partial charge in [-0.05, 0) is 31.0 Å². The predicted octanol–water partition coefficient (Wildman–Crippen LogP) is 1.84. The summed E-state index contributed by atoms with van der Waals surface area (Å²) in [4.78, 5) is 25.1. The first kappa shape index (κ1) is 19.7. The Balaban J connectivity index is 2.28. The van der Waals surface area contributed by atoms with Gasteiger partial charge in [0.2, 0.25) is 0 Å². The standard InChI is InChI=1S/C16H20ClNO6S/c1-25(22,23)12-4-5-14(17)13(9-12)16(21)18(7-6-15(19)20)10-11-3-2-8-24-11/h4-5,9,11H,2-3,6-8,10H2,1H3,(H,19,20). The van der Waals surface area contributed by atoms with E-state index < -0.39 is 21.7 Å². The number of halogens is 1. The number of benzene rings is 1. The molecule has 1 unspecified atom stereocenters. The highest BCUT2D eigenvalue weighted by atomic mass is 35.5. The van der Waals surface area contributed by atoms with E-state index in [4.69, 9.17) is 21.4 Å². The van der Waals surface area contributed by atoms with Crippen molar-refractivity contribution in [3.8, 4) is 0 Å². The van der Waals surface area contributed by atoms with Crippen LogP contribution in [0.1, 0.15) is 29.6 Å². The van der Waals surface area contributed by atoms with Crippen molar-refractivity contribution < 1.29 is 27.9 Å². The van der Waals surface area contributed by atoms with Crippen molar-refractivity contribution in [2.45, 2.75) is 30.3 Å². The zero-order chi connectivity index (χ0) is 18.6. The molecule has 1 aromatic carbocycles. The van der Waals surface area contributed by atoms with Gasteiger partial charge in [-0.3, -0.25) is 9.59 Å². The van der Waals surface area contributed by atoms with Crippen molar-refractivity contribution in [2.75, 3.05) is 26.0 Å². The zero-order valence-electron chi connectivity index (χ0n) is 13.8. The van der Waals surface area contributed by atoms with E-state index in [1.54, 1.807) is 0 Å². The number of carboxylic acids is 1. The Morgan fingerprint density at radius 3 is 2.68 bits per heavy atom. The number of rotatable bonds is 7. The van der Waals surface area contributed by atoms with Crippen molar-refractivity contribution in [1.82, 2.24) is 4.90 Å². The fraction of sp³-hybridized carbons (Fsp3) is 0.500. The summed E-state index contributed by atoms with van der Waals surface area (Å²) in [6.45, 7) is 0.842. The number of aliphatic carboxylic acids is 1. The first-order valence-electron chi connectivity index (χ1n) is 7.81. The van der Waals surface area contributed by atoms with Gasteiger partial charge in [0.25, 0.3) is 5.91 Å². The van der Waals surface area contributed by atoms with Gasteiger partial charge in [0.15, 0.2) is 9.84 Å². The molecule has 0 saturated carbocycles. The smallest absolute Gasteiger partial charge is 0.305 e. The summed E-state index contributed by atoms with van der Waals surface area (Å²) >= 11 is 6.07. The van der Waals surface area contributed by atoms with Gasteiger partial charge < -0.3 is 14.7 Å². The number of amides is 1. The fourth-order valence-electron chi connectivity index (χ4n) is 2.61. The molecule has 1 atom stereocenters. The molecule has 1 N–H and O–H groups in total. The highest BCUT2D eigenvalue weighted by Gasteiger charge is 2.26. The van der Waals surface area contributed by atoms with Gasteiger partial charge in [0.1, 0.15) is 0 Å². The molecule has 0 aromatic heterocycles. The van der Waals surface area contributed by atoms with Crippen molar-refractivity contribution in [1.29, 1.82) is 0 Å². The molecule has 1 heterocycles. The third-order valence-electron chi connectivity index (χ3n) is 3.93. The molecule has 25 heavy (non-hydrogen) atoms. The molecule has 1 fully saturated rings. The Hall–Kier alpha value is -1.64. The fourth-order valence-corrected chi connectivity index (χ4v) is 3.46. The second kappa shape index (κ2) is 8.16. The van der Waals surface area contributed by atoms with E-state index in [2.05, 4.69) is 0 Å². The number of carbonyl (C=O) groups excluding carboxylic acids is 1. The van der Waals surface area contributed by atoms with E-state index in [0.717, 1.165) is 19.1 Å². The number of carboxylic acid groups (broad SMARTS) is 1. The first-order valence-corrected chi connectivity index (χ1v) is 10.1. The topological polar surface area (TPSA) is 101 Å². The number of nitrogens with zero attached hydrogens (tertiary/aromatic N) is 1. The normalized spacial score (nSPS) is 17.4. The number of hydrogen-bond acceptors (Lipinski definition) is 5. The number of carbonyl (C=O) groups is 2. The average molecular weight is 390 g/mol. The summed E-state index contributed by atoms with van der Waals surface area (Å²) in [7, 11) is -3.50. The molecule has 0 bridgehead atoms. The van der Waals surface area contributed by atoms with Gasteiger partial charge in [-0.25, -0.2) is 8.42 Å². The largest absolute Gasteiger partial charge is 0.481 e. The van der Waals surface area contributed by atoms with Crippen molar-refractivity contribution in [3.05, 3.63) is 28.8 Å². The SMILES string of the molecule is CS(=O)(=O)c1ccc(Cl)c(C(=O)N(CCC(=O)O)CC2CCCO2)c1. The van der Waals surface area contributed by atoms with E-state index in [-0.39, 0.29) is 41.1 Å². The van der Waals surface area contributed by atoms with Crippen LogP contribution in [0.2, 0.25) is 5.02 Å². The van der Waals surface area contributed by atoms with Crippen LogP contribution in [0.5, 0.6) is 0 Å². The van der Waals surface area contributed by atoms with Crippen LogP contribution in [-0.4, -0.2) is 62.4 Å². The molecular formula is C16H20ClNO6S. The van der Waals surface area contributed by atoms with Crippen LogP contribution in [0.15, 0.2) is 23.1 Å². The Bertz CT molecular complexity index is 758. The maximum atomic E-state index is 12.8. The maximum absolute atomic E-state index is 12.8. The van der Waals surface area contributed by atoms with Crippen LogP contribution in [0.4, 0.5) is 0 Å². The third-order valence-corrected chi connectivity index (χ3v) is 5.37. The lowest BCUT2D eigenvalue weighted by Gasteiger charge is -2.25. The second-order valence-corrected chi connectivity index (χ2v) is 8.37. The van der Waals surface area contributed by atoms with E-state index in [1.807, 2.05) is 0 Å². The van der Waals surface area contributed by atoms with Crippen molar-refractivity contribution in [3.63, 3.8) is 0 Å². The average Bonchev–Trinajstić information content (AvgIpc) is 3.03. The quantitative estimate of drug-likeness (QED) is 0.763. The van der Waals surface area contributed by atoms with Crippen LogP contribution < -0.4 is 0 Å². The van der Waals surface area contributed by atoms with E-state index in [9.17, 15) is 18.0 Å². The Labute approximate surface area is 151 Å². The van der Waals surface area contributed by atoms with E-state index in [1.165, 1.54) is 23.1 Å². The lowest BCUT2D eigenvalue weighted by atomic mass is 10.1. The molecule has 1 aliphatic rings. The number of hydrogen-bond donors (Lipinski definition) is 1. The first-order chi connectivity index (χ1) is 11.7. The minimum absolute atomic E-state index is 0.00649. The zero-order valence-corrected chi connectivity index (χ0v) is 15.3. The highest BCUT2D eigenvalue weighted by molar-refractivity contribution is 7.90. The summed E-state index contributed by atoms with van der Waals surface area (Å²) < 4.78 is 28.9. The van der Waals surface area contributed by atoms with Gasteiger partial charge in [0.05, 0.1) is 28.0 Å². The van der Waals surface area contributed by atoms with Gasteiger partial charge in [-0.15, -0.1) is 0 Å². The number of ether oxygens (including phenoxy) is 1. The van der Waals surface area contributed by atoms with Crippen LogP contribution in [0.3, 0.4) is 0 Å². The van der Waals surface area contributed by atoms with E-state index >= 15 is 0 Å². The lowest BCUT2D eigenvalue weighted by Crippen LogP contribution is -2.39. The molecule has 0 spiro atoms. The lowest BCUT2D eigenvalue weighted by molar-refractivity contribution is -0.137. The van der Waals surface area contributed by atoms with Gasteiger partial charge in [-0.1, -0.05) is 11.6 Å². The molecule has 9 heteroatoms. The molecule has 7 nitrogen and oxygen atoms in total. The Morgan fingerprint density at radius 1 is 1.40 bits per heavy atom. The minimum atomic E-state index is -3.50. The van der Waals surface area contributed by atoms with Crippen LogP contribution in [0, 0.1) is 0 Å². The van der Waals surface area contributed by atoms with Crippen LogP contribution in [0.25, 0.3) is 0 Å². The molecule has 0 radical (unpaired) electrons. The summed E-state index contributed by atoms with van der Waals surface area (Å²) in [6.07, 6.45) is 2.33. The monoisotopic (exact) mass is 389 g/mol. The molecule has 1 aromatic rings.